The Morgan fingerprint density at radius 3 is 2.00 bits per heavy atom. The first-order chi connectivity index (χ1) is 10.9. The highest BCUT2D eigenvalue weighted by Crippen LogP contribution is 2.19. The highest BCUT2D eigenvalue weighted by Gasteiger charge is 2.22. The van der Waals surface area contributed by atoms with Gasteiger partial charge in [0.15, 0.2) is 12.4 Å². The molecule has 0 radical (unpaired) electrons. The van der Waals surface area contributed by atoms with Gasteiger partial charge in [0, 0.05) is 5.41 Å². The van der Waals surface area contributed by atoms with Crippen LogP contribution < -0.4 is 0 Å². The van der Waals surface area contributed by atoms with Crippen LogP contribution in [0.3, 0.4) is 0 Å². The molecule has 120 valence electrons. The highest BCUT2D eigenvalue weighted by molar-refractivity contribution is 5.86. The van der Waals surface area contributed by atoms with E-state index in [2.05, 4.69) is 0 Å². The Morgan fingerprint density at radius 2 is 1.43 bits per heavy atom. The second kappa shape index (κ2) is 7.23. The molecule has 0 N–H and O–H groups in total. The molecular weight excluding hydrogens is 288 g/mol. The van der Waals surface area contributed by atoms with Gasteiger partial charge in [-0.25, -0.2) is 0 Å². The number of ether oxygens (including phenoxy) is 1. The predicted octanol–water partition coefficient (Wildman–Crippen LogP) is 4.05. The number of hydrogen-bond acceptors (Lipinski definition) is 3. The summed E-state index contributed by atoms with van der Waals surface area (Å²) < 4.78 is 5.06. The van der Waals surface area contributed by atoms with Crippen molar-refractivity contribution in [3.8, 4) is 11.1 Å². The third-order valence-corrected chi connectivity index (χ3v) is 3.61. The third kappa shape index (κ3) is 5.06. The average Bonchev–Trinajstić information content (AvgIpc) is 2.53. The number of ketones is 1. The topological polar surface area (TPSA) is 43.4 Å². The number of benzene rings is 2. The lowest BCUT2D eigenvalue weighted by Crippen LogP contribution is -2.26. The molecule has 0 saturated heterocycles. The second-order valence-corrected chi connectivity index (χ2v) is 6.57. The van der Waals surface area contributed by atoms with Gasteiger partial charge in [-0.15, -0.1) is 0 Å². The lowest BCUT2D eigenvalue weighted by molar-refractivity contribution is -0.149. The van der Waals surface area contributed by atoms with Gasteiger partial charge in [-0.3, -0.25) is 9.59 Å². The molecule has 0 atom stereocenters. The smallest absolute Gasteiger partial charge is 0.310 e. The summed E-state index contributed by atoms with van der Waals surface area (Å²) in [5.74, 6) is -0.458. The van der Waals surface area contributed by atoms with Crippen LogP contribution in [0.15, 0.2) is 54.6 Å². The first-order valence-corrected chi connectivity index (χ1v) is 7.69. The fourth-order valence-electron chi connectivity index (χ4n) is 2.03. The first kappa shape index (κ1) is 16.9. The normalized spacial score (nSPS) is 11.1. The minimum absolute atomic E-state index is 0.0784. The summed E-state index contributed by atoms with van der Waals surface area (Å²) in [5.41, 5.74) is 2.62. The van der Waals surface area contributed by atoms with Crippen molar-refractivity contribution in [3.63, 3.8) is 0 Å². The Balaban J connectivity index is 1.91. The molecule has 3 nitrogen and oxygen atoms in total. The van der Waals surface area contributed by atoms with Gasteiger partial charge in [0.2, 0.25) is 0 Å². The van der Waals surface area contributed by atoms with Gasteiger partial charge in [-0.2, -0.15) is 0 Å². The third-order valence-electron chi connectivity index (χ3n) is 3.61. The summed E-state index contributed by atoms with van der Waals surface area (Å²) in [4.78, 5) is 23.6. The lowest BCUT2D eigenvalue weighted by atomic mass is 9.91. The van der Waals surface area contributed by atoms with Gasteiger partial charge in [-0.05, 0) is 16.7 Å². The minimum Gasteiger partial charge on any atom is -0.457 e. The van der Waals surface area contributed by atoms with Gasteiger partial charge in [0.1, 0.15) is 0 Å². The molecule has 0 unspecified atom stereocenters. The number of rotatable bonds is 5. The molecule has 0 aliphatic heterocycles. The summed E-state index contributed by atoms with van der Waals surface area (Å²) in [7, 11) is 0. The molecule has 0 aliphatic rings. The van der Waals surface area contributed by atoms with E-state index in [1.165, 1.54) is 0 Å². The zero-order chi connectivity index (χ0) is 16.9. The molecule has 0 aliphatic carbocycles. The van der Waals surface area contributed by atoms with Crippen LogP contribution in [0.25, 0.3) is 11.1 Å². The molecule has 0 bridgehead atoms. The van der Waals surface area contributed by atoms with Gasteiger partial charge in [-0.1, -0.05) is 75.4 Å². The highest BCUT2D eigenvalue weighted by atomic mass is 16.5. The molecule has 2 aromatic rings. The maximum absolute atomic E-state index is 11.8. The molecule has 0 spiro atoms. The molecular formula is C20H22O3. The first-order valence-electron chi connectivity index (χ1n) is 7.69. The Kier molecular flexibility index (Phi) is 5.32. The van der Waals surface area contributed by atoms with Crippen molar-refractivity contribution in [2.24, 2.45) is 5.41 Å². The summed E-state index contributed by atoms with van der Waals surface area (Å²) in [6, 6.07) is 17.8. The van der Waals surface area contributed by atoms with Crippen molar-refractivity contribution in [2.75, 3.05) is 6.61 Å². The summed E-state index contributed by atoms with van der Waals surface area (Å²) >= 11 is 0. The van der Waals surface area contributed by atoms with Gasteiger partial charge < -0.3 is 4.74 Å². The molecule has 0 amide bonds. The molecule has 0 fully saturated rings. The SMILES string of the molecule is CC(C)(C)C(=O)COC(=O)Cc1ccc(-c2ccccc2)cc1. The Bertz CT molecular complexity index is 664. The van der Waals surface area contributed by atoms with Crippen molar-refractivity contribution < 1.29 is 14.3 Å². The summed E-state index contributed by atoms with van der Waals surface area (Å²) in [6.07, 6.45) is 0.173. The Morgan fingerprint density at radius 1 is 0.870 bits per heavy atom. The summed E-state index contributed by atoms with van der Waals surface area (Å²) in [5, 5.41) is 0. The minimum atomic E-state index is -0.488. The van der Waals surface area contributed by atoms with Crippen LogP contribution in [0.2, 0.25) is 0 Å². The van der Waals surface area contributed by atoms with Gasteiger partial charge >= 0.3 is 5.97 Å². The monoisotopic (exact) mass is 310 g/mol. The molecule has 2 aromatic carbocycles. The lowest BCUT2D eigenvalue weighted by Gasteiger charge is -2.16. The van der Waals surface area contributed by atoms with Crippen molar-refractivity contribution in [1.82, 2.24) is 0 Å². The fourth-order valence-corrected chi connectivity index (χ4v) is 2.03. The fraction of sp³-hybridized carbons (Fsp3) is 0.300. The standard InChI is InChI=1S/C20H22O3/c1-20(2,3)18(21)14-23-19(22)13-15-9-11-17(12-10-15)16-7-5-4-6-8-16/h4-12H,13-14H2,1-3H3. The molecule has 0 saturated carbocycles. The number of Topliss-reactive ketones (excluding diaryl/α,β-unsaturated/α-hetero) is 1. The van der Waals surface area contributed by atoms with E-state index in [1.54, 1.807) is 0 Å². The molecule has 3 heteroatoms. The van der Waals surface area contributed by atoms with Gasteiger partial charge in [0.05, 0.1) is 6.42 Å². The number of esters is 1. The maximum Gasteiger partial charge on any atom is 0.310 e. The average molecular weight is 310 g/mol. The van der Waals surface area contributed by atoms with E-state index in [-0.39, 0.29) is 24.8 Å². The zero-order valence-corrected chi connectivity index (χ0v) is 13.8. The number of carbonyl (C=O) groups excluding carboxylic acids is 2. The molecule has 23 heavy (non-hydrogen) atoms. The van der Waals surface area contributed by atoms with E-state index in [1.807, 2.05) is 75.4 Å². The van der Waals surface area contributed by atoms with Crippen LogP contribution in [0.5, 0.6) is 0 Å². The van der Waals surface area contributed by atoms with Crippen molar-refractivity contribution in [2.45, 2.75) is 27.2 Å². The van der Waals surface area contributed by atoms with Gasteiger partial charge in [0.25, 0.3) is 0 Å². The van der Waals surface area contributed by atoms with Crippen molar-refractivity contribution in [3.05, 3.63) is 60.2 Å². The van der Waals surface area contributed by atoms with E-state index in [9.17, 15) is 9.59 Å². The van der Waals surface area contributed by atoms with E-state index in [0.29, 0.717) is 0 Å². The predicted molar refractivity (Wildman–Crippen MR) is 91.0 cm³/mol. The van der Waals surface area contributed by atoms with Crippen LogP contribution in [-0.4, -0.2) is 18.4 Å². The molecule has 0 heterocycles. The van der Waals surface area contributed by atoms with E-state index in [0.717, 1.165) is 16.7 Å². The number of carbonyl (C=O) groups is 2. The van der Waals surface area contributed by atoms with Crippen molar-refractivity contribution >= 4 is 11.8 Å². The Hall–Kier alpha value is -2.42. The maximum atomic E-state index is 11.8. The molecule has 0 aromatic heterocycles. The van der Waals surface area contributed by atoms with E-state index in [4.69, 9.17) is 4.74 Å². The zero-order valence-electron chi connectivity index (χ0n) is 13.8. The quantitative estimate of drug-likeness (QED) is 0.782. The van der Waals surface area contributed by atoms with E-state index < -0.39 is 5.41 Å². The van der Waals surface area contributed by atoms with Crippen LogP contribution in [0, 0.1) is 5.41 Å². The van der Waals surface area contributed by atoms with Crippen LogP contribution >= 0.6 is 0 Å². The summed E-state index contributed by atoms with van der Waals surface area (Å²) in [6.45, 7) is 5.27. The number of hydrogen-bond donors (Lipinski definition) is 0. The van der Waals surface area contributed by atoms with Crippen LogP contribution in [0.4, 0.5) is 0 Å². The largest absolute Gasteiger partial charge is 0.457 e. The van der Waals surface area contributed by atoms with Crippen LogP contribution in [-0.2, 0) is 20.7 Å². The second-order valence-electron chi connectivity index (χ2n) is 6.57. The Labute approximate surface area is 137 Å². The molecule has 2 rings (SSSR count). The van der Waals surface area contributed by atoms with Crippen molar-refractivity contribution in [1.29, 1.82) is 0 Å². The van der Waals surface area contributed by atoms with E-state index >= 15 is 0 Å². The van der Waals surface area contributed by atoms with Crippen LogP contribution in [0.1, 0.15) is 26.3 Å².